The van der Waals surface area contributed by atoms with Crippen LogP contribution in [-0.2, 0) is 7.05 Å². The van der Waals surface area contributed by atoms with Crippen molar-refractivity contribution in [3.8, 4) is 11.8 Å². The number of rotatable bonds is 1. The summed E-state index contributed by atoms with van der Waals surface area (Å²) < 4.78 is 1.96. The van der Waals surface area contributed by atoms with Gasteiger partial charge in [0.2, 0.25) is 0 Å². The van der Waals surface area contributed by atoms with E-state index >= 15 is 0 Å². The largest absolute Gasteiger partial charge is 0.330 e. The molecule has 1 heterocycles. The molecule has 0 bridgehead atoms. The van der Waals surface area contributed by atoms with Gasteiger partial charge in [0, 0.05) is 20.0 Å². The van der Waals surface area contributed by atoms with Gasteiger partial charge in [-0.2, -0.15) is 0 Å². The van der Waals surface area contributed by atoms with E-state index in [4.69, 9.17) is 5.73 Å². The van der Waals surface area contributed by atoms with Crippen LogP contribution in [0.4, 0.5) is 0 Å². The molecule has 0 amide bonds. The maximum Gasteiger partial charge on any atom is 0.112 e. The van der Waals surface area contributed by atoms with Crippen LogP contribution < -0.4 is 5.73 Å². The highest BCUT2D eigenvalue weighted by Crippen LogP contribution is 1.98. The Hall–Kier alpha value is -1.27. The summed E-state index contributed by atoms with van der Waals surface area (Å²) in [5.41, 5.74) is 6.26. The second-order valence-corrected chi connectivity index (χ2v) is 2.59. The minimum absolute atomic E-state index is 0.615. The topological polar surface area (TPSA) is 43.8 Å². The molecule has 1 rings (SSSR count). The minimum Gasteiger partial charge on any atom is -0.330 e. The molecule has 0 aromatic carbocycles. The first-order chi connectivity index (χ1) is 5.75. The molecule has 64 valence electrons. The molecule has 3 nitrogen and oxygen atoms in total. The van der Waals surface area contributed by atoms with Crippen LogP contribution in [-0.4, -0.2) is 16.1 Å². The van der Waals surface area contributed by atoms with Gasteiger partial charge in [0.05, 0.1) is 6.20 Å². The van der Waals surface area contributed by atoms with Crippen LogP contribution in [0.3, 0.4) is 0 Å². The molecule has 0 fully saturated rings. The predicted molar refractivity (Wildman–Crippen MR) is 48.5 cm³/mol. The summed E-state index contributed by atoms with van der Waals surface area (Å²) in [6, 6.07) is 0. The number of nitrogens with two attached hydrogens (primary N) is 1. The Labute approximate surface area is 72.6 Å². The molecule has 0 aliphatic carbocycles. The van der Waals surface area contributed by atoms with Crippen molar-refractivity contribution in [2.75, 3.05) is 6.54 Å². The number of nitrogens with zero attached hydrogens (tertiary/aromatic N) is 2. The standard InChI is InChI=1S/C9H13N3/c1-8-11-7-9(12(8)2)5-3-4-6-10/h7H,4,6,10H2,1-2H3. The lowest BCUT2D eigenvalue weighted by molar-refractivity contribution is 0.847. The number of aromatic nitrogens is 2. The van der Waals surface area contributed by atoms with Crippen molar-refractivity contribution in [3.63, 3.8) is 0 Å². The Morgan fingerprint density at radius 1 is 1.67 bits per heavy atom. The Balaban J connectivity index is 2.78. The fraction of sp³-hybridized carbons (Fsp3) is 0.444. The highest BCUT2D eigenvalue weighted by atomic mass is 15.0. The van der Waals surface area contributed by atoms with Gasteiger partial charge in [-0.05, 0) is 12.8 Å². The summed E-state index contributed by atoms with van der Waals surface area (Å²) in [6.45, 7) is 2.57. The fourth-order valence-electron chi connectivity index (χ4n) is 0.843. The smallest absolute Gasteiger partial charge is 0.112 e. The van der Waals surface area contributed by atoms with E-state index in [1.165, 1.54) is 0 Å². The van der Waals surface area contributed by atoms with Gasteiger partial charge >= 0.3 is 0 Å². The van der Waals surface area contributed by atoms with Crippen LogP contribution >= 0.6 is 0 Å². The molecular formula is C9H13N3. The maximum atomic E-state index is 5.31. The average molecular weight is 163 g/mol. The highest BCUT2D eigenvalue weighted by molar-refractivity contribution is 5.27. The zero-order valence-electron chi connectivity index (χ0n) is 7.46. The SMILES string of the molecule is Cc1ncc(C#CCCN)n1C. The van der Waals surface area contributed by atoms with Gasteiger partial charge in [-0.25, -0.2) is 4.98 Å². The van der Waals surface area contributed by atoms with E-state index in [0.29, 0.717) is 6.54 Å². The van der Waals surface area contributed by atoms with Crippen molar-refractivity contribution >= 4 is 0 Å². The zero-order chi connectivity index (χ0) is 8.97. The molecule has 0 atom stereocenters. The van der Waals surface area contributed by atoms with Crippen molar-refractivity contribution in [1.29, 1.82) is 0 Å². The molecule has 0 aliphatic heterocycles. The Bertz CT molecular complexity index is 314. The maximum absolute atomic E-state index is 5.31. The lowest BCUT2D eigenvalue weighted by atomic mass is 10.4. The summed E-state index contributed by atoms with van der Waals surface area (Å²) in [5.74, 6) is 6.95. The van der Waals surface area contributed by atoms with E-state index in [-0.39, 0.29) is 0 Å². The lowest BCUT2D eigenvalue weighted by Crippen LogP contribution is -1.96. The number of hydrogen-bond acceptors (Lipinski definition) is 2. The molecule has 12 heavy (non-hydrogen) atoms. The number of hydrogen-bond donors (Lipinski definition) is 1. The molecule has 3 heteroatoms. The van der Waals surface area contributed by atoms with Crippen LogP contribution in [0.1, 0.15) is 17.9 Å². The van der Waals surface area contributed by atoms with Crippen molar-refractivity contribution in [2.24, 2.45) is 12.8 Å². The van der Waals surface area contributed by atoms with E-state index in [1.807, 2.05) is 18.5 Å². The molecular weight excluding hydrogens is 150 g/mol. The third-order valence-corrected chi connectivity index (χ3v) is 1.71. The molecule has 0 unspecified atom stereocenters. The summed E-state index contributed by atoms with van der Waals surface area (Å²) in [5, 5.41) is 0. The normalized spacial score (nSPS) is 9.25. The van der Waals surface area contributed by atoms with E-state index in [1.54, 1.807) is 6.20 Å². The van der Waals surface area contributed by atoms with Crippen molar-refractivity contribution in [3.05, 3.63) is 17.7 Å². The summed E-state index contributed by atoms with van der Waals surface area (Å²) in [4.78, 5) is 4.12. The van der Waals surface area contributed by atoms with Gasteiger partial charge < -0.3 is 10.3 Å². The predicted octanol–water partition coefficient (Wildman–Crippen LogP) is 0.429. The summed E-state index contributed by atoms with van der Waals surface area (Å²) in [6.07, 6.45) is 2.52. The molecule has 1 aromatic heterocycles. The zero-order valence-corrected chi connectivity index (χ0v) is 7.46. The van der Waals surface area contributed by atoms with Crippen molar-refractivity contribution < 1.29 is 0 Å². The van der Waals surface area contributed by atoms with E-state index in [2.05, 4.69) is 16.8 Å². The molecule has 0 aliphatic rings. The average Bonchev–Trinajstić information content (AvgIpc) is 2.36. The van der Waals surface area contributed by atoms with Gasteiger partial charge in [-0.15, -0.1) is 0 Å². The molecule has 1 aromatic rings. The first kappa shape index (κ1) is 8.82. The van der Waals surface area contributed by atoms with Crippen LogP contribution in [0.15, 0.2) is 6.20 Å². The summed E-state index contributed by atoms with van der Waals surface area (Å²) >= 11 is 0. The second-order valence-electron chi connectivity index (χ2n) is 2.59. The van der Waals surface area contributed by atoms with E-state index in [0.717, 1.165) is 17.9 Å². The molecule has 0 radical (unpaired) electrons. The second kappa shape index (κ2) is 3.93. The minimum atomic E-state index is 0.615. The van der Waals surface area contributed by atoms with Crippen LogP contribution in [0, 0.1) is 18.8 Å². The van der Waals surface area contributed by atoms with Gasteiger partial charge in [0.15, 0.2) is 0 Å². The third kappa shape index (κ3) is 1.86. The third-order valence-electron chi connectivity index (χ3n) is 1.71. The van der Waals surface area contributed by atoms with Crippen LogP contribution in [0.2, 0.25) is 0 Å². The fourth-order valence-corrected chi connectivity index (χ4v) is 0.843. The first-order valence-corrected chi connectivity index (χ1v) is 3.93. The number of imidazole rings is 1. The Morgan fingerprint density at radius 2 is 2.42 bits per heavy atom. The molecule has 0 spiro atoms. The monoisotopic (exact) mass is 163 g/mol. The van der Waals surface area contributed by atoms with Gasteiger partial charge in [-0.3, -0.25) is 0 Å². The van der Waals surface area contributed by atoms with E-state index < -0.39 is 0 Å². The Morgan fingerprint density at radius 3 is 2.92 bits per heavy atom. The van der Waals surface area contributed by atoms with Crippen molar-refractivity contribution in [1.82, 2.24) is 9.55 Å². The van der Waals surface area contributed by atoms with Crippen molar-refractivity contribution in [2.45, 2.75) is 13.3 Å². The molecule has 0 saturated heterocycles. The van der Waals surface area contributed by atoms with E-state index in [9.17, 15) is 0 Å². The highest BCUT2D eigenvalue weighted by Gasteiger charge is 1.96. The Kier molecular flexibility index (Phi) is 2.89. The van der Waals surface area contributed by atoms with Crippen LogP contribution in [0.5, 0.6) is 0 Å². The van der Waals surface area contributed by atoms with Crippen LogP contribution in [0.25, 0.3) is 0 Å². The summed E-state index contributed by atoms with van der Waals surface area (Å²) in [7, 11) is 1.95. The number of aryl methyl sites for hydroxylation is 1. The molecule has 2 N–H and O–H groups in total. The molecule has 0 saturated carbocycles. The first-order valence-electron chi connectivity index (χ1n) is 3.93. The van der Waals surface area contributed by atoms with Gasteiger partial charge in [0.1, 0.15) is 11.5 Å². The quantitative estimate of drug-likeness (QED) is 0.610. The van der Waals surface area contributed by atoms with Gasteiger partial charge in [-0.1, -0.05) is 5.92 Å². The lowest BCUT2D eigenvalue weighted by Gasteiger charge is -1.94. The van der Waals surface area contributed by atoms with Gasteiger partial charge in [0.25, 0.3) is 0 Å².